The van der Waals surface area contributed by atoms with Gasteiger partial charge in [0, 0.05) is 18.2 Å². The SMILES string of the molecule is CCCNc1ncnc(NC2CC2CC)c1C(C)C. The number of rotatable bonds is 7. The number of hydrogen-bond acceptors (Lipinski definition) is 4. The highest BCUT2D eigenvalue weighted by Gasteiger charge is 2.36. The van der Waals surface area contributed by atoms with Crippen LogP contribution in [0.2, 0.25) is 0 Å². The average molecular weight is 262 g/mol. The Kier molecular flexibility index (Phi) is 4.61. The first kappa shape index (κ1) is 14.1. The van der Waals surface area contributed by atoms with Crippen LogP contribution in [0.4, 0.5) is 11.6 Å². The Labute approximate surface area is 116 Å². The second kappa shape index (κ2) is 6.22. The Morgan fingerprint density at radius 2 is 2.00 bits per heavy atom. The van der Waals surface area contributed by atoms with Gasteiger partial charge in [0.15, 0.2) is 0 Å². The highest BCUT2D eigenvalue weighted by atomic mass is 15.1. The zero-order valence-electron chi connectivity index (χ0n) is 12.5. The maximum Gasteiger partial charge on any atom is 0.135 e. The molecule has 0 radical (unpaired) electrons. The number of hydrogen-bond donors (Lipinski definition) is 2. The summed E-state index contributed by atoms with van der Waals surface area (Å²) in [5.74, 6) is 3.25. The van der Waals surface area contributed by atoms with Gasteiger partial charge in [-0.1, -0.05) is 34.1 Å². The lowest BCUT2D eigenvalue weighted by Crippen LogP contribution is -2.13. The molecule has 0 bridgehead atoms. The molecule has 2 rings (SSSR count). The van der Waals surface area contributed by atoms with Crippen molar-refractivity contribution in [1.29, 1.82) is 0 Å². The minimum atomic E-state index is 0.418. The third-order valence-corrected chi connectivity index (χ3v) is 3.77. The Hall–Kier alpha value is -1.32. The molecule has 0 aromatic carbocycles. The summed E-state index contributed by atoms with van der Waals surface area (Å²) >= 11 is 0. The molecule has 4 nitrogen and oxygen atoms in total. The molecule has 2 N–H and O–H groups in total. The molecule has 1 aromatic rings. The van der Waals surface area contributed by atoms with E-state index < -0.39 is 0 Å². The maximum absolute atomic E-state index is 4.46. The lowest BCUT2D eigenvalue weighted by atomic mass is 10.0. The predicted molar refractivity (Wildman–Crippen MR) is 80.7 cm³/mol. The van der Waals surface area contributed by atoms with Crippen LogP contribution in [0.15, 0.2) is 6.33 Å². The van der Waals surface area contributed by atoms with Crippen molar-refractivity contribution in [3.63, 3.8) is 0 Å². The van der Waals surface area contributed by atoms with Crippen LogP contribution in [0.5, 0.6) is 0 Å². The summed E-state index contributed by atoms with van der Waals surface area (Å²) in [7, 11) is 0. The standard InChI is InChI=1S/C15H26N4/c1-5-7-16-14-13(10(3)4)15(18-9-17-14)19-12-8-11(12)6-2/h9-12H,5-8H2,1-4H3,(H2,16,17,18,19). The first-order chi connectivity index (χ1) is 9.17. The van der Waals surface area contributed by atoms with E-state index in [-0.39, 0.29) is 0 Å². The van der Waals surface area contributed by atoms with Gasteiger partial charge in [-0.05, 0) is 24.7 Å². The number of nitrogens with one attached hydrogen (secondary N) is 2. The van der Waals surface area contributed by atoms with E-state index in [0.29, 0.717) is 12.0 Å². The van der Waals surface area contributed by atoms with Crippen LogP contribution in [0.3, 0.4) is 0 Å². The van der Waals surface area contributed by atoms with Crippen LogP contribution in [-0.2, 0) is 0 Å². The van der Waals surface area contributed by atoms with Crippen LogP contribution < -0.4 is 10.6 Å². The first-order valence-electron chi connectivity index (χ1n) is 7.52. The molecule has 0 aliphatic heterocycles. The third kappa shape index (κ3) is 3.37. The van der Waals surface area contributed by atoms with E-state index in [0.717, 1.165) is 30.5 Å². The highest BCUT2D eigenvalue weighted by molar-refractivity contribution is 5.59. The minimum Gasteiger partial charge on any atom is -0.370 e. The number of nitrogens with zero attached hydrogens (tertiary/aromatic N) is 2. The second-order valence-electron chi connectivity index (χ2n) is 5.72. The summed E-state index contributed by atoms with van der Waals surface area (Å²) in [5.41, 5.74) is 1.22. The van der Waals surface area contributed by atoms with Crippen molar-refractivity contribution in [3.05, 3.63) is 11.9 Å². The third-order valence-electron chi connectivity index (χ3n) is 3.77. The van der Waals surface area contributed by atoms with Gasteiger partial charge in [-0.15, -0.1) is 0 Å². The van der Waals surface area contributed by atoms with Crippen LogP contribution in [0.1, 0.15) is 58.4 Å². The summed E-state index contributed by atoms with van der Waals surface area (Å²) in [4.78, 5) is 8.86. The molecule has 0 spiro atoms. The molecular weight excluding hydrogens is 236 g/mol. The highest BCUT2D eigenvalue weighted by Crippen LogP contribution is 2.38. The fourth-order valence-corrected chi connectivity index (χ4v) is 2.49. The summed E-state index contributed by atoms with van der Waals surface area (Å²) in [5, 5.41) is 7.00. The van der Waals surface area contributed by atoms with E-state index in [4.69, 9.17) is 0 Å². The summed E-state index contributed by atoms with van der Waals surface area (Å²) in [6, 6.07) is 0.608. The van der Waals surface area contributed by atoms with Gasteiger partial charge in [-0.2, -0.15) is 0 Å². The quantitative estimate of drug-likeness (QED) is 0.788. The van der Waals surface area contributed by atoms with Gasteiger partial charge in [0.2, 0.25) is 0 Å². The van der Waals surface area contributed by atoms with Gasteiger partial charge in [-0.3, -0.25) is 0 Å². The van der Waals surface area contributed by atoms with E-state index in [1.54, 1.807) is 6.33 Å². The summed E-state index contributed by atoms with van der Waals surface area (Å²) < 4.78 is 0. The van der Waals surface area contributed by atoms with Gasteiger partial charge in [0.1, 0.15) is 18.0 Å². The first-order valence-corrected chi connectivity index (χ1v) is 7.52. The molecule has 1 aromatic heterocycles. The van der Waals surface area contributed by atoms with Crippen LogP contribution in [0, 0.1) is 5.92 Å². The van der Waals surface area contributed by atoms with E-state index in [1.165, 1.54) is 18.4 Å². The van der Waals surface area contributed by atoms with Crippen LogP contribution >= 0.6 is 0 Å². The lowest BCUT2D eigenvalue weighted by Gasteiger charge is -2.17. The van der Waals surface area contributed by atoms with E-state index in [9.17, 15) is 0 Å². The minimum absolute atomic E-state index is 0.418. The van der Waals surface area contributed by atoms with Gasteiger partial charge in [0.25, 0.3) is 0 Å². The molecule has 1 aliphatic rings. The molecule has 2 atom stereocenters. The molecule has 1 saturated carbocycles. The summed E-state index contributed by atoms with van der Waals surface area (Å²) in [6.45, 7) is 9.77. The maximum atomic E-state index is 4.46. The molecular formula is C15H26N4. The van der Waals surface area contributed by atoms with Gasteiger partial charge in [-0.25, -0.2) is 9.97 Å². The molecule has 0 saturated heterocycles. The molecule has 19 heavy (non-hydrogen) atoms. The molecule has 1 heterocycles. The van der Waals surface area contributed by atoms with Crippen molar-refractivity contribution in [1.82, 2.24) is 9.97 Å². The normalized spacial score (nSPS) is 21.5. The van der Waals surface area contributed by atoms with Gasteiger partial charge >= 0.3 is 0 Å². The molecule has 1 fully saturated rings. The largest absolute Gasteiger partial charge is 0.370 e. The molecule has 4 heteroatoms. The van der Waals surface area contributed by atoms with E-state index in [2.05, 4.69) is 48.3 Å². The number of aromatic nitrogens is 2. The van der Waals surface area contributed by atoms with Crippen molar-refractivity contribution in [3.8, 4) is 0 Å². The fourth-order valence-electron chi connectivity index (χ4n) is 2.49. The molecule has 106 valence electrons. The summed E-state index contributed by atoms with van der Waals surface area (Å²) in [6.07, 6.45) is 5.29. The van der Waals surface area contributed by atoms with E-state index in [1.807, 2.05) is 0 Å². The van der Waals surface area contributed by atoms with Gasteiger partial charge < -0.3 is 10.6 Å². The van der Waals surface area contributed by atoms with Crippen molar-refractivity contribution in [2.45, 2.75) is 58.9 Å². The molecule has 2 unspecified atom stereocenters. The fraction of sp³-hybridized carbons (Fsp3) is 0.733. The average Bonchev–Trinajstić information content (AvgIpc) is 3.14. The van der Waals surface area contributed by atoms with Crippen molar-refractivity contribution < 1.29 is 0 Å². The molecule has 1 aliphatic carbocycles. The Balaban J connectivity index is 2.16. The van der Waals surface area contributed by atoms with Crippen LogP contribution in [-0.4, -0.2) is 22.6 Å². The predicted octanol–water partition coefficient (Wildman–Crippen LogP) is 3.63. The van der Waals surface area contributed by atoms with Crippen molar-refractivity contribution >= 4 is 11.6 Å². The Morgan fingerprint density at radius 3 is 2.58 bits per heavy atom. The Bertz CT molecular complexity index is 417. The zero-order valence-corrected chi connectivity index (χ0v) is 12.5. The smallest absolute Gasteiger partial charge is 0.135 e. The van der Waals surface area contributed by atoms with Gasteiger partial charge in [0.05, 0.1) is 0 Å². The second-order valence-corrected chi connectivity index (χ2v) is 5.72. The van der Waals surface area contributed by atoms with E-state index >= 15 is 0 Å². The van der Waals surface area contributed by atoms with Crippen LogP contribution in [0.25, 0.3) is 0 Å². The Morgan fingerprint density at radius 1 is 1.26 bits per heavy atom. The topological polar surface area (TPSA) is 49.8 Å². The monoisotopic (exact) mass is 262 g/mol. The number of anilines is 2. The lowest BCUT2D eigenvalue weighted by molar-refractivity contribution is 0.769. The van der Waals surface area contributed by atoms with Crippen molar-refractivity contribution in [2.75, 3.05) is 17.2 Å². The van der Waals surface area contributed by atoms with Crippen molar-refractivity contribution in [2.24, 2.45) is 5.92 Å². The zero-order chi connectivity index (χ0) is 13.8. The molecule has 0 amide bonds.